The Bertz CT molecular complexity index is 543. The molecule has 0 N–H and O–H groups in total. The first kappa shape index (κ1) is 16.9. The predicted octanol–water partition coefficient (Wildman–Crippen LogP) is 3.72. The third-order valence-corrected chi connectivity index (χ3v) is 4.12. The maximum atomic E-state index is 11.2. The van der Waals surface area contributed by atoms with Crippen molar-refractivity contribution in [3.63, 3.8) is 0 Å². The van der Waals surface area contributed by atoms with Crippen molar-refractivity contribution in [1.82, 2.24) is 0 Å². The van der Waals surface area contributed by atoms with E-state index >= 15 is 0 Å². The molecule has 8 heteroatoms. The van der Waals surface area contributed by atoms with E-state index in [4.69, 9.17) is 43.4 Å². The molecule has 0 aliphatic rings. The molecular formula is C11H13Cl3O4S. The van der Waals surface area contributed by atoms with Crippen LogP contribution in [0.1, 0.15) is 13.8 Å². The van der Waals surface area contributed by atoms with Crippen molar-refractivity contribution in [2.45, 2.75) is 24.8 Å². The van der Waals surface area contributed by atoms with Gasteiger partial charge in [0, 0.05) is 16.7 Å². The molecule has 1 aromatic rings. The lowest BCUT2D eigenvalue weighted by Gasteiger charge is -2.11. The van der Waals surface area contributed by atoms with E-state index in [-0.39, 0.29) is 33.4 Å². The lowest BCUT2D eigenvalue weighted by molar-refractivity contribution is 0.0553. The van der Waals surface area contributed by atoms with E-state index in [2.05, 4.69) is 0 Å². The summed E-state index contributed by atoms with van der Waals surface area (Å²) in [6, 6.07) is 2.47. The highest BCUT2D eigenvalue weighted by Crippen LogP contribution is 2.34. The second-order valence-corrected chi connectivity index (χ2v) is 7.27. The Hall–Kier alpha value is -0.200. The summed E-state index contributed by atoms with van der Waals surface area (Å²) in [5.74, 6) is 0.281. The summed E-state index contributed by atoms with van der Waals surface area (Å²) < 4.78 is 33.1. The van der Waals surface area contributed by atoms with Gasteiger partial charge in [-0.05, 0) is 19.9 Å². The Morgan fingerprint density at radius 3 is 2.32 bits per heavy atom. The molecule has 19 heavy (non-hydrogen) atoms. The van der Waals surface area contributed by atoms with Crippen molar-refractivity contribution < 1.29 is 17.9 Å². The number of halogens is 3. The molecule has 108 valence electrons. The van der Waals surface area contributed by atoms with Crippen LogP contribution in [0.2, 0.25) is 10.0 Å². The molecule has 0 unspecified atom stereocenters. The number of rotatable bonds is 6. The van der Waals surface area contributed by atoms with Gasteiger partial charge >= 0.3 is 0 Å². The van der Waals surface area contributed by atoms with E-state index in [9.17, 15) is 8.42 Å². The zero-order valence-electron chi connectivity index (χ0n) is 10.3. The topological polar surface area (TPSA) is 52.6 Å². The third kappa shape index (κ3) is 5.36. The van der Waals surface area contributed by atoms with Crippen LogP contribution in [0.4, 0.5) is 0 Å². The molecular weight excluding hydrogens is 335 g/mol. The van der Waals surface area contributed by atoms with E-state index in [1.807, 2.05) is 13.8 Å². The van der Waals surface area contributed by atoms with Gasteiger partial charge in [0.2, 0.25) is 0 Å². The maximum Gasteiger partial charge on any atom is 0.262 e. The molecule has 0 aliphatic carbocycles. The Kier molecular flexibility index (Phi) is 6.20. The van der Waals surface area contributed by atoms with Gasteiger partial charge in [0.15, 0.2) is 0 Å². The fraction of sp³-hybridized carbons (Fsp3) is 0.455. The average Bonchev–Trinajstić information content (AvgIpc) is 2.26. The van der Waals surface area contributed by atoms with E-state index in [0.29, 0.717) is 6.61 Å². The highest BCUT2D eigenvalue weighted by atomic mass is 35.7. The second kappa shape index (κ2) is 6.99. The van der Waals surface area contributed by atoms with Gasteiger partial charge in [0.25, 0.3) is 9.05 Å². The lowest BCUT2D eigenvalue weighted by Crippen LogP contribution is -2.11. The summed E-state index contributed by atoms with van der Waals surface area (Å²) in [5.41, 5.74) is 0. The fourth-order valence-corrected chi connectivity index (χ4v) is 3.04. The molecule has 0 radical (unpaired) electrons. The largest absolute Gasteiger partial charge is 0.490 e. The summed E-state index contributed by atoms with van der Waals surface area (Å²) in [4.78, 5) is -0.244. The minimum absolute atomic E-state index is 0.0424. The second-order valence-electron chi connectivity index (χ2n) is 3.92. The Labute approximate surface area is 127 Å². The molecule has 0 aliphatic heterocycles. The van der Waals surface area contributed by atoms with Crippen molar-refractivity contribution in [3.8, 4) is 5.75 Å². The van der Waals surface area contributed by atoms with E-state index < -0.39 is 9.05 Å². The standard InChI is InChI=1S/C11H13Cl3O4S/c1-7(2)17-3-4-18-10-5-9(13)11(6-8(10)12)19(14,15)16/h5-7H,3-4H2,1-2H3. The maximum absolute atomic E-state index is 11.2. The van der Waals surface area contributed by atoms with Gasteiger partial charge in [-0.15, -0.1) is 0 Å². The third-order valence-electron chi connectivity index (χ3n) is 2.04. The number of ether oxygens (including phenoxy) is 2. The van der Waals surface area contributed by atoms with Crippen molar-refractivity contribution in [3.05, 3.63) is 22.2 Å². The summed E-state index contributed by atoms with van der Waals surface area (Å²) >= 11 is 11.7. The molecule has 0 heterocycles. The number of benzene rings is 1. The SMILES string of the molecule is CC(C)OCCOc1cc(Cl)c(S(=O)(=O)Cl)cc1Cl. The normalized spacial score (nSPS) is 11.9. The predicted molar refractivity (Wildman–Crippen MR) is 76.1 cm³/mol. The Balaban J connectivity index is 2.80. The van der Waals surface area contributed by atoms with Gasteiger partial charge in [-0.25, -0.2) is 8.42 Å². The Morgan fingerprint density at radius 1 is 1.16 bits per heavy atom. The van der Waals surface area contributed by atoms with Crippen LogP contribution in [-0.2, 0) is 13.8 Å². The van der Waals surface area contributed by atoms with Crippen LogP contribution in [0.5, 0.6) is 5.75 Å². The molecule has 0 atom stereocenters. The summed E-state index contributed by atoms with van der Waals surface area (Å²) in [5, 5.41) is 0.0762. The lowest BCUT2D eigenvalue weighted by atomic mass is 10.3. The molecule has 0 fully saturated rings. The first-order valence-corrected chi connectivity index (χ1v) is 8.46. The van der Waals surface area contributed by atoms with Gasteiger partial charge in [-0.3, -0.25) is 0 Å². The molecule has 0 spiro atoms. The molecule has 0 saturated carbocycles. The van der Waals surface area contributed by atoms with Crippen molar-refractivity contribution in [1.29, 1.82) is 0 Å². The average molecular weight is 348 g/mol. The molecule has 0 bridgehead atoms. The molecule has 1 aromatic carbocycles. The van der Waals surface area contributed by atoms with Crippen molar-refractivity contribution >= 4 is 42.9 Å². The van der Waals surface area contributed by atoms with Crippen LogP contribution in [0.25, 0.3) is 0 Å². The first-order chi connectivity index (χ1) is 8.71. The highest BCUT2D eigenvalue weighted by Gasteiger charge is 2.18. The van der Waals surface area contributed by atoms with Gasteiger partial charge in [-0.2, -0.15) is 0 Å². The minimum atomic E-state index is -3.93. The van der Waals surface area contributed by atoms with Crippen LogP contribution in [0.3, 0.4) is 0 Å². The quantitative estimate of drug-likeness (QED) is 0.581. The van der Waals surface area contributed by atoms with Gasteiger partial charge in [-0.1, -0.05) is 23.2 Å². The van der Waals surface area contributed by atoms with Crippen LogP contribution >= 0.6 is 33.9 Å². The monoisotopic (exact) mass is 346 g/mol. The molecule has 0 aromatic heterocycles. The summed E-state index contributed by atoms with van der Waals surface area (Å²) in [6.45, 7) is 4.48. The van der Waals surface area contributed by atoms with E-state index in [0.717, 1.165) is 6.07 Å². The van der Waals surface area contributed by atoms with Crippen molar-refractivity contribution in [2.24, 2.45) is 0 Å². The zero-order valence-corrected chi connectivity index (χ0v) is 13.4. The van der Waals surface area contributed by atoms with Crippen LogP contribution in [0.15, 0.2) is 17.0 Å². The number of hydrogen-bond acceptors (Lipinski definition) is 4. The van der Waals surface area contributed by atoms with Crippen LogP contribution in [0, 0.1) is 0 Å². The van der Waals surface area contributed by atoms with Crippen LogP contribution < -0.4 is 4.74 Å². The van der Waals surface area contributed by atoms with Crippen LogP contribution in [-0.4, -0.2) is 27.7 Å². The van der Waals surface area contributed by atoms with Gasteiger partial charge < -0.3 is 9.47 Å². The summed E-state index contributed by atoms with van der Waals surface area (Å²) in [6.07, 6.45) is 0.103. The summed E-state index contributed by atoms with van der Waals surface area (Å²) in [7, 11) is 1.28. The van der Waals surface area contributed by atoms with E-state index in [1.54, 1.807) is 0 Å². The molecule has 4 nitrogen and oxygen atoms in total. The van der Waals surface area contributed by atoms with Gasteiger partial charge in [0.05, 0.1) is 22.8 Å². The number of hydrogen-bond donors (Lipinski definition) is 0. The fourth-order valence-electron chi connectivity index (χ4n) is 1.24. The first-order valence-electron chi connectivity index (χ1n) is 5.40. The van der Waals surface area contributed by atoms with Crippen molar-refractivity contribution in [2.75, 3.05) is 13.2 Å². The molecule has 0 amide bonds. The minimum Gasteiger partial charge on any atom is -0.490 e. The molecule has 0 saturated heterocycles. The Morgan fingerprint density at radius 2 is 1.79 bits per heavy atom. The smallest absolute Gasteiger partial charge is 0.262 e. The zero-order chi connectivity index (χ0) is 14.6. The van der Waals surface area contributed by atoms with Gasteiger partial charge in [0.1, 0.15) is 17.3 Å². The molecule has 1 rings (SSSR count). The highest BCUT2D eigenvalue weighted by molar-refractivity contribution is 8.13. The van der Waals surface area contributed by atoms with E-state index in [1.165, 1.54) is 6.07 Å².